The van der Waals surface area contributed by atoms with Gasteiger partial charge in [0.15, 0.2) is 0 Å². The third-order valence-electron chi connectivity index (χ3n) is 5.15. The topological polar surface area (TPSA) is 30.5 Å². The second kappa shape index (κ2) is 5.65. The summed E-state index contributed by atoms with van der Waals surface area (Å²) >= 11 is 0. The fourth-order valence-electron chi connectivity index (χ4n) is 4.13. The summed E-state index contributed by atoms with van der Waals surface area (Å²) in [5, 5.41) is 3.53. The molecule has 0 radical (unpaired) electrons. The Bertz CT molecular complexity index is 440. The van der Waals surface area contributed by atoms with Crippen LogP contribution in [0, 0.1) is 17.8 Å². The highest BCUT2D eigenvalue weighted by molar-refractivity contribution is 5.40. The molecule has 0 amide bonds. The fraction of sp³-hybridized carbons (Fsp3) is 0.647. The summed E-state index contributed by atoms with van der Waals surface area (Å²) in [4.78, 5) is 0. The quantitative estimate of drug-likeness (QED) is 0.893. The first-order valence-electron chi connectivity index (χ1n) is 7.68. The van der Waals surface area contributed by atoms with Gasteiger partial charge >= 0.3 is 0 Å². The van der Waals surface area contributed by atoms with Gasteiger partial charge in [0.2, 0.25) is 0 Å². The van der Waals surface area contributed by atoms with Gasteiger partial charge in [-0.2, -0.15) is 0 Å². The number of fused-ring (bicyclic) bond motifs is 1. The van der Waals surface area contributed by atoms with Crippen LogP contribution in [0.1, 0.15) is 37.3 Å². The molecule has 0 saturated heterocycles. The summed E-state index contributed by atoms with van der Waals surface area (Å²) in [6.45, 7) is 0. The van der Waals surface area contributed by atoms with Crippen molar-refractivity contribution in [3.8, 4) is 11.5 Å². The zero-order valence-electron chi connectivity index (χ0n) is 12.7. The van der Waals surface area contributed by atoms with Crippen LogP contribution in [-0.4, -0.2) is 21.3 Å². The van der Waals surface area contributed by atoms with Crippen LogP contribution in [0.5, 0.6) is 11.5 Å². The molecule has 110 valence electrons. The van der Waals surface area contributed by atoms with Crippen molar-refractivity contribution in [3.05, 3.63) is 23.8 Å². The minimum absolute atomic E-state index is 0.423. The number of methoxy groups -OCH3 is 2. The van der Waals surface area contributed by atoms with Crippen LogP contribution in [0.15, 0.2) is 18.2 Å². The van der Waals surface area contributed by atoms with Gasteiger partial charge in [-0.3, -0.25) is 0 Å². The zero-order chi connectivity index (χ0) is 14.1. The van der Waals surface area contributed by atoms with E-state index in [9.17, 15) is 0 Å². The third kappa shape index (κ3) is 2.39. The molecule has 0 spiro atoms. The maximum Gasteiger partial charge on any atom is 0.122 e. The Hall–Kier alpha value is -1.22. The van der Waals surface area contributed by atoms with Crippen LogP contribution >= 0.6 is 0 Å². The van der Waals surface area contributed by atoms with Crippen molar-refractivity contribution < 1.29 is 9.47 Å². The van der Waals surface area contributed by atoms with Crippen molar-refractivity contribution in [2.24, 2.45) is 17.8 Å². The molecule has 0 aliphatic heterocycles. The van der Waals surface area contributed by atoms with E-state index >= 15 is 0 Å². The molecule has 2 aliphatic carbocycles. The highest BCUT2D eigenvalue weighted by atomic mass is 16.5. The maximum absolute atomic E-state index is 5.40. The predicted octanol–water partition coefficient (Wildman–Crippen LogP) is 3.40. The number of hydrogen-bond acceptors (Lipinski definition) is 3. The van der Waals surface area contributed by atoms with Crippen molar-refractivity contribution in [1.29, 1.82) is 0 Å². The van der Waals surface area contributed by atoms with E-state index in [2.05, 4.69) is 24.5 Å². The molecule has 3 unspecified atom stereocenters. The van der Waals surface area contributed by atoms with Gasteiger partial charge in [0, 0.05) is 12.1 Å². The van der Waals surface area contributed by atoms with Crippen LogP contribution in [0.2, 0.25) is 0 Å². The average Bonchev–Trinajstić information content (AvgIpc) is 3.22. The summed E-state index contributed by atoms with van der Waals surface area (Å²) in [7, 11) is 5.49. The van der Waals surface area contributed by atoms with E-state index in [0.29, 0.717) is 6.04 Å². The summed E-state index contributed by atoms with van der Waals surface area (Å²) in [5.74, 6) is 4.41. The Balaban J connectivity index is 1.85. The summed E-state index contributed by atoms with van der Waals surface area (Å²) in [6, 6.07) is 6.66. The van der Waals surface area contributed by atoms with Gasteiger partial charge in [-0.1, -0.05) is 12.8 Å². The molecule has 0 heterocycles. The molecule has 3 atom stereocenters. The summed E-state index contributed by atoms with van der Waals surface area (Å²) in [6.07, 6.45) is 5.65. The second-order valence-electron chi connectivity index (χ2n) is 6.10. The first-order valence-corrected chi connectivity index (χ1v) is 7.68. The van der Waals surface area contributed by atoms with Gasteiger partial charge in [0.25, 0.3) is 0 Å². The average molecular weight is 275 g/mol. The summed E-state index contributed by atoms with van der Waals surface area (Å²) < 4.78 is 10.8. The van der Waals surface area contributed by atoms with E-state index in [1.807, 2.05) is 6.07 Å². The van der Waals surface area contributed by atoms with Crippen molar-refractivity contribution >= 4 is 0 Å². The van der Waals surface area contributed by atoms with Gasteiger partial charge in [-0.15, -0.1) is 0 Å². The molecule has 0 aromatic heterocycles. The van der Waals surface area contributed by atoms with Crippen LogP contribution in [0.25, 0.3) is 0 Å². The van der Waals surface area contributed by atoms with E-state index in [1.165, 1.54) is 31.2 Å². The monoisotopic (exact) mass is 275 g/mol. The van der Waals surface area contributed by atoms with Crippen molar-refractivity contribution in [3.63, 3.8) is 0 Å². The molecule has 20 heavy (non-hydrogen) atoms. The van der Waals surface area contributed by atoms with E-state index in [-0.39, 0.29) is 0 Å². The molecular weight excluding hydrogens is 250 g/mol. The molecule has 1 aromatic carbocycles. The molecular formula is C17H25NO2. The SMILES string of the molecule is CNC(c1cc(OC)cc(OC)c1)C1C2CCCCC21. The maximum atomic E-state index is 5.40. The summed E-state index contributed by atoms with van der Waals surface area (Å²) in [5.41, 5.74) is 1.29. The zero-order valence-corrected chi connectivity index (χ0v) is 12.7. The number of nitrogens with one attached hydrogen (secondary N) is 1. The Morgan fingerprint density at radius 1 is 1.00 bits per heavy atom. The van der Waals surface area contributed by atoms with Crippen molar-refractivity contribution in [2.45, 2.75) is 31.7 Å². The highest BCUT2D eigenvalue weighted by Gasteiger charge is 2.54. The number of rotatable bonds is 5. The van der Waals surface area contributed by atoms with Gasteiger partial charge < -0.3 is 14.8 Å². The molecule has 2 fully saturated rings. The lowest BCUT2D eigenvalue weighted by Gasteiger charge is -2.19. The first kappa shape index (κ1) is 13.7. The molecule has 3 nitrogen and oxygen atoms in total. The lowest BCUT2D eigenvalue weighted by Crippen LogP contribution is -2.20. The minimum atomic E-state index is 0.423. The molecule has 1 aromatic rings. The first-order chi connectivity index (χ1) is 9.78. The minimum Gasteiger partial charge on any atom is -0.497 e. The normalized spacial score (nSPS) is 29.4. The number of hydrogen-bond donors (Lipinski definition) is 1. The Kier molecular flexibility index (Phi) is 3.88. The van der Waals surface area contributed by atoms with E-state index in [0.717, 1.165) is 29.3 Å². The highest BCUT2D eigenvalue weighted by Crippen LogP contribution is 2.60. The molecule has 2 aliphatic rings. The van der Waals surface area contributed by atoms with E-state index in [1.54, 1.807) is 14.2 Å². The van der Waals surface area contributed by atoms with Crippen LogP contribution in [0.3, 0.4) is 0 Å². The molecule has 2 saturated carbocycles. The van der Waals surface area contributed by atoms with Gasteiger partial charge in [-0.25, -0.2) is 0 Å². The molecule has 1 N–H and O–H groups in total. The number of benzene rings is 1. The number of ether oxygens (including phenoxy) is 2. The smallest absolute Gasteiger partial charge is 0.122 e. The van der Waals surface area contributed by atoms with Gasteiger partial charge in [0.1, 0.15) is 11.5 Å². The Morgan fingerprint density at radius 2 is 1.55 bits per heavy atom. The van der Waals surface area contributed by atoms with Crippen molar-refractivity contribution in [1.82, 2.24) is 5.32 Å². The van der Waals surface area contributed by atoms with Crippen molar-refractivity contribution in [2.75, 3.05) is 21.3 Å². The molecule has 3 rings (SSSR count). The van der Waals surface area contributed by atoms with E-state index in [4.69, 9.17) is 9.47 Å². The van der Waals surface area contributed by atoms with E-state index < -0.39 is 0 Å². The van der Waals surface area contributed by atoms with Gasteiger partial charge in [0.05, 0.1) is 14.2 Å². The lowest BCUT2D eigenvalue weighted by atomic mass is 9.99. The largest absolute Gasteiger partial charge is 0.497 e. The predicted molar refractivity (Wildman–Crippen MR) is 80.3 cm³/mol. The molecule has 0 bridgehead atoms. The lowest BCUT2D eigenvalue weighted by molar-refractivity contribution is 0.389. The van der Waals surface area contributed by atoms with Crippen LogP contribution < -0.4 is 14.8 Å². The third-order valence-corrected chi connectivity index (χ3v) is 5.15. The van der Waals surface area contributed by atoms with Gasteiger partial charge in [-0.05, 0) is 55.3 Å². The fourth-order valence-corrected chi connectivity index (χ4v) is 4.13. The standard InChI is InChI=1S/C17H25NO2/c1-18-17(16-14-6-4-5-7-15(14)16)11-8-12(19-2)10-13(9-11)20-3/h8-10,14-18H,4-7H2,1-3H3. The molecule has 3 heteroatoms. The Labute approximate surface area is 121 Å². The van der Waals surface area contributed by atoms with Crippen LogP contribution in [-0.2, 0) is 0 Å². The second-order valence-corrected chi connectivity index (χ2v) is 6.10. The Morgan fingerprint density at radius 3 is 2.00 bits per heavy atom. The van der Waals surface area contributed by atoms with Crippen LogP contribution in [0.4, 0.5) is 0 Å².